The molecule has 0 aromatic heterocycles. The largest absolute Gasteiger partial charge is 0.493 e. The molecule has 2 N–H and O–H groups in total. The summed E-state index contributed by atoms with van der Waals surface area (Å²) >= 11 is 0. The molecular formula is C13H16O4. The molecule has 17 heavy (non-hydrogen) atoms. The number of benzene rings is 1. The van der Waals surface area contributed by atoms with Crippen LogP contribution in [0.1, 0.15) is 30.6 Å². The number of hydrogen-bond donors (Lipinski definition) is 2. The van der Waals surface area contributed by atoms with Crippen molar-refractivity contribution in [1.29, 1.82) is 0 Å². The molecular weight excluding hydrogens is 220 g/mol. The van der Waals surface area contributed by atoms with E-state index < -0.39 is 12.1 Å². The Kier molecular flexibility index (Phi) is 3.33. The third-order valence-electron chi connectivity index (χ3n) is 3.09. The molecule has 0 amide bonds. The van der Waals surface area contributed by atoms with Gasteiger partial charge < -0.3 is 14.9 Å². The van der Waals surface area contributed by atoms with Gasteiger partial charge in [0, 0.05) is 6.42 Å². The number of carboxylic acids is 1. The topological polar surface area (TPSA) is 66.8 Å². The predicted molar refractivity (Wildman–Crippen MR) is 62.0 cm³/mol. The van der Waals surface area contributed by atoms with E-state index in [1.807, 2.05) is 12.1 Å². The van der Waals surface area contributed by atoms with E-state index >= 15 is 0 Å². The number of aliphatic carboxylic acids is 1. The Morgan fingerprint density at radius 2 is 2.29 bits per heavy atom. The van der Waals surface area contributed by atoms with Gasteiger partial charge in [-0.15, -0.1) is 0 Å². The van der Waals surface area contributed by atoms with Crippen LogP contribution in [-0.2, 0) is 11.2 Å². The lowest BCUT2D eigenvalue weighted by molar-refractivity contribution is -0.139. The monoisotopic (exact) mass is 236 g/mol. The van der Waals surface area contributed by atoms with Crippen molar-refractivity contribution in [2.45, 2.75) is 25.9 Å². The molecule has 1 aromatic rings. The first-order valence-corrected chi connectivity index (χ1v) is 5.73. The molecule has 0 fully saturated rings. The number of fused-ring (bicyclic) bond motifs is 1. The molecule has 4 heteroatoms. The Balaban J connectivity index is 2.14. The molecule has 1 aliphatic rings. The second-order valence-corrected chi connectivity index (χ2v) is 4.49. The highest BCUT2D eigenvalue weighted by atomic mass is 16.5. The van der Waals surface area contributed by atoms with Gasteiger partial charge in [0.2, 0.25) is 0 Å². The highest BCUT2D eigenvalue weighted by Gasteiger charge is 2.21. The smallest absolute Gasteiger partial charge is 0.303 e. The third-order valence-corrected chi connectivity index (χ3v) is 3.09. The van der Waals surface area contributed by atoms with Crippen molar-refractivity contribution in [3.63, 3.8) is 0 Å². The van der Waals surface area contributed by atoms with Crippen LogP contribution in [-0.4, -0.2) is 22.8 Å². The van der Waals surface area contributed by atoms with Gasteiger partial charge in [0.1, 0.15) is 5.75 Å². The molecule has 2 unspecified atom stereocenters. The first-order valence-electron chi connectivity index (χ1n) is 5.73. The van der Waals surface area contributed by atoms with Gasteiger partial charge in [0.25, 0.3) is 0 Å². The number of rotatable bonds is 4. The molecule has 0 radical (unpaired) electrons. The van der Waals surface area contributed by atoms with Gasteiger partial charge in [-0.05, 0) is 29.2 Å². The molecule has 2 rings (SSSR count). The number of aliphatic hydroxyl groups is 1. The molecule has 1 heterocycles. The van der Waals surface area contributed by atoms with E-state index in [1.165, 1.54) is 0 Å². The summed E-state index contributed by atoms with van der Waals surface area (Å²) in [5.41, 5.74) is 1.85. The van der Waals surface area contributed by atoms with Gasteiger partial charge in [-0.3, -0.25) is 4.79 Å². The summed E-state index contributed by atoms with van der Waals surface area (Å²) < 4.78 is 5.38. The van der Waals surface area contributed by atoms with Crippen molar-refractivity contribution >= 4 is 5.97 Å². The van der Waals surface area contributed by atoms with Gasteiger partial charge in [-0.2, -0.15) is 0 Å². The molecule has 92 valence electrons. The summed E-state index contributed by atoms with van der Waals surface area (Å²) in [6.07, 6.45) is 0.0785. The maximum Gasteiger partial charge on any atom is 0.303 e. The first-order chi connectivity index (χ1) is 8.08. The zero-order chi connectivity index (χ0) is 12.4. The molecule has 0 aliphatic carbocycles. The van der Waals surface area contributed by atoms with Gasteiger partial charge >= 0.3 is 5.97 Å². The van der Waals surface area contributed by atoms with Crippen molar-refractivity contribution in [2.24, 2.45) is 5.92 Å². The van der Waals surface area contributed by atoms with E-state index in [-0.39, 0.29) is 12.3 Å². The van der Waals surface area contributed by atoms with Crippen molar-refractivity contribution < 1.29 is 19.7 Å². The maximum absolute atomic E-state index is 10.6. The summed E-state index contributed by atoms with van der Waals surface area (Å²) in [6.45, 7) is 2.42. The molecule has 4 nitrogen and oxygen atoms in total. The van der Waals surface area contributed by atoms with Crippen LogP contribution in [0.15, 0.2) is 18.2 Å². The summed E-state index contributed by atoms with van der Waals surface area (Å²) in [4.78, 5) is 10.6. The van der Waals surface area contributed by atoms with E-state index in [1.54, 1.807) is 13.0 Å². The Morgan fingerprint density at radius 3 is 3.00 bits per heavy atom. The quantitative estimate of drug-likeness (QED) is 0.836. The van der Waals surface area contributed by atoms with Crippen LogP contribution in [0.4, 0.5) is 0 Å². The minimum Gasteiger partial charge on any atom is -0.493 e. The third kappa shape index (κ3) is 2.58. The number of ether oxygens (including phenoxy) is 1. The van der Waals surface area contributed by atoms with E-state index in [0.29, 0.717) is 6.61 Å². The zero-order valence-corrected chi connectivity index (χ0v) is 9.72. The first kappa shape index (κ1) is 11.9. The Labute approximate surface area is 99.8 Å². The molecule has 2 atom stereocenters. The van der Waals surface area contributed by atoms with Crippen molar-refractivity contribution in [2.75, 3.05) is 6.61 Å². The van der Waals surface area contributed by atoms with Crippen LogP contribution in [0, 0.1) is 5.92 Å². The number of hydrogen-bond acceptors (Lipinski definition) is 3. The SMILES string of the molecule is CC(CC(=O)O)C(O)c1ccc2c(c1)CCO2. The number of carbonyl (C=O) groups is 1. The molecule has 1 aromatic carbocycles. The van der Waals surface area contributed by atoms with E-state index in [0.717, 1.165) is 23.3 Å². The second kappa shape index (κ2) is 4.75. The Bertz CT molecular complexity index is 427. The fraction of sp³-hybridized carbons (Fsp3) is 0.462. The maximum atomic E-state index is 10.6. The second-order valence-electron chi connectivity index (χ2n) is 4.49. The van der Waals surface area contributed by atoms with Gasteiger partial charge in [0.15, 0.2) is 0 Å². The molecule has 0 saturated carbocycles. The predicted octanol–water partition coefficient (Wildman–Crippen LogP) is 1.77. The molecule has 0 saturated heterocycles. The van der Waals surface area contributed by atoms with Gasteiger partial charge in [-0.1, -0.05) is 13.0 Å². The normalized spacial score (nSPS) is 17.1. The molecule has 0 bridgehead atoms. The minimum absolute atomic E-state index is 0.0330. The summed E-state index contributed by atoms with van der Waals surface area (Å²) in [5.74, 6) is -0.319. The van der Waals surface area contributed by atoms with Crippen LogP contribution < -0.4 is 4.74 Å². The Hall–Kier alpha value is -1.55. The molecule has 0 spiro atoms. The summed E-state index contributed by atoms with van der Waals surface area (Å²) in [7, 11) is 0. The average Bonchev–Trinajstić information content (AvgIpc) is 2.73. The lowest BCUT2D eigenvalue weighted by Crippen LogP contribution is -2.13. The summed E-state index contributed by atoms with van der Waals surface area (Å²) in [6, 6.07) is 5.55. The highest BCUT2D eigenvalue weighted by molar-refractivity contribution is 5.67. The van der Waals surface area contributed by atoms with Crippen molar-refractivity contribution in [1.82, 2.24) is 0 Å². The van der Waals surface area contributed by atoms with Crippen molar-refractivity contribution in [3.05, 3.63) is 29.3 Å². The minimum atomic E-state index is -0.888. The van der Waals surface area contributed by atoms with Crippen LogP contribution in [0.25, 0.3) is 0 Å². The number of aliphatic hydroxyl groups excluding tert-OH is 1. The average molecular weight is 236 g/mol. The fourth-order valence-corrected chi connectivity index (χ4v) is 2.11. The van der Waals surface area contributed by atoms with Crippen LogP contribution in [0.2, 0.25) is 0 Å². The van der Waals surface area contributed by atoms with Crippen molar-refractivity contribution in [3.8, 4) is 5.75 Å². The van der Waals surface area contributed by atoms with E-state index in [9.17, 15) is 9.90 Å². The van der Waals surface area contributed by atoms with Crippen LogP contribution >= 0.6 is 0 Å². The van der Waals surface area contributed by atoms with Crippen LogP contribution in [0.5, 0.6) is 5.75 Å². The van der Waals surface area contributed by atoms with Gasteiger partial charge in [-0.25, -0.2) is 0 Å². The zero-order valence-electron chi connectivity index (χ0n) is 9.72. The standard InChI is InChI=1S/C13H16O4/c1-8(6-12(14)15)13(16)10-2-3-11-9(7-10)4-5-17-11/h2-3,7-8,13,16H,4-6H2,1H3,(H,14,15). The summed E-state index contributed by atoms with van der Waals surface area (Å²) in [5, 5.41) is 18.8. The lowest BCUT2D eigenvalue weighted by Gasteiger charge is -2.18. The fourth-order valence-electron chi connectivity index (χ4n) is 2.11. The van der Waals surface area contributed by atoms with Gasteiger partial charge in [0.05, 0.1) is 19.1 Å². The van der Waals surface area contributed by atoms with E-state index in [4.69, 9.17) is 9.84 Å². The van der Waals surface area contributed by atoms with E-state index in [2.05, 4.69) is 0 Å². The lowest BCUT2D eigenvalue weighted by atomic mass is 9.93. The van der Waals surface area contributed by atoms with Crippen LogP contribution in [0.3, 0.4) is 0 Å². The number of carboxylic acid groups (broad SMARTS) is 1. The molecule has 1 aliphatic heterocycles. The highest BCUT2D eigenvalue weighted by Crippen LogP contribution is 2.31. The Morgan fingerprint density at radius 1 is 1.53 bits per heavy atom.